The standard InChI is InChI=1S/C15H17NOS/c1-2-13-8-10-15(11-9-13)18(16,17)12-14-6-4-3-5-7-14/h3-11,16H,2,12H2,1H3. The predicted octanol–water partition coefficient (Wildman–Crippen LogP) is 3.85. The Kier molecular flexibility index (Phi) is 3.82. The molecule has 2 aromatic carbocycles. The van der Waals surface area contributed by atoms with Crippen molar-refractivity contribution in [1.82, 2.24) is 0 Å². The molecule has 0 radical (unpaired) electrons. The summed E-state index contributed by atoms with van der Waals surface area (Å²) < 4.78 is 20.5. The topological polar surface area (TPSA) is 40.9 Å². The Bertz CT molecular complexity index is 601. The third-order valence-electron chi connectivity index (χ3n) is 2.93. The molecule has 0 spiro atoms. The van der Waals surface area contributed by atoms with Crippen LogP contribution >= 0.6 is 0 Å². The monoisotopic (exact) mass is 259 g/mol. The first kappa shape index (κ1) is 12.8. The van der Waals surface area contributed by atoms with Gasteiger partial charge in [-0.15, -0.1) is 0 Å². The molecule has 0 aliphatic rings. The van der Waals surface area contributed by atoms with Gasteiger partial charge >= 0.3 is 0 Å². The molecule has 18 heavy (non-hydrogen) atoms. The van der Waals surface area contributed by atoms with Gasteiger partial charge in [0.05, 0.1) is 15.5 Å². The fourth-order valence-electron chi connectivity index (χ4n) is 1.84. The average Bonchev–Trinajstić information content (AvgIpc) is 2.39. The predicted molar refractivity (Wildman–Crippen MR) is 75.1 cm³/mol. The molecule has 0 saturated carbocycles. The van der Waals surface area contributed by atoms with Crippen LogP contribution in [0.2, 0.25) is 0 Å². The van der Waals surface area contributed by atoms with Crippen LogP contribution in [0.3, 0.4) is 0 Å². The molecule has 0 bridgehead atoms. The van der Waals surface area contributed by atoms with E-state index in [0.717, 1.165) is 12.0 Å². The fourth-order valence-corrected chi connectivity index (χ4v) is 3.24. The van der Waals surface area contributed by atoms with E-state index in [1.807, 2.05) is 54.6 Å². The van der Waals surface area contributed by atoms with Gasteiger partial charge < -0.3 is 0 Å². The van der Waals surface area contributed by atoms with Crippen molar-refractivity contribution in [2.45, 2.75) is 24.0 Å². The van der Waals surface area contributed by atoms with Gasteiger partial charge in [-0.05, 0) is 29.7 Å². The normalized spacial score (nSPS) is 14.1. The summed E-state index contributed by atoms with van der Waals surface area (Å²) in [7, 11) is -2.74. The van der Waals surface area contributed by atoms with E-state index in [1.54, 1.807) is 0 Å². The fraction of sp³-hybridized carbons (Fsp3) is 0.200. The summed E-state index contributed by atoms with van der Waals surface area (Å²) in [6, 6.07) is 17.1. The molecule has 0 aromatic heterocycles. The molecule has 1 N–H and O–H groups in total. The highest BCUT2D eigenvalue weighted by atomic mass is 32.2. The number of hydrogen-bond acceptors (Lipinski definition) is 2. The van der Waals surface area contributed by atoms with Gasteiger partial charge in [0, 0.05) is 4.90 Å². The van der Waals surface area contributed by atoms with E-state index in [1.165, 1.54) is 5.56 Å². The third kappa shape index (κ3) is 2.99. The van der Waals surface area contributed by atoms with Crippen LogP contribution in [-0.4, -0.2) is 4.21 Å². The van der Waals surface area contributed by atoms with E-state index < -0.39 is 9.73 Å². The van der Waals surface area contributed by atoms with Gasteiger partial charge in [-0.3, -0.25) is 0 Å². The minimum atomic E-state index is -2.74. The summed E-state index contributed by atoms with van der Waals surface area (Å²) in [5, 5.41) is 0. The van der Waals surface area contributed by atoms with Crippen molar-refractivity contribution in [1.29, 1.82) is 4.78 Å². The number of benzene rings is 2. The van der Waals surface area contributed by atoms with Crippen LogP contribution in [-0.2, 0) is 21.9 Å². The zero-order valence-corrected chi connectivity index (χ0v) is 11.2. The first-order valence-electron chi connectivity index (χ1n) is 6.01. The average molecular weight is 259 g/mol. The quantitative estimate of drug-likeness (QED) is 0.890. The first-order chi connectivity index (χ1) is 8.62. The van der Waals surface area contributed by atoms with Crippen LogP contribution in [0.25, 0.3) is 0 Å². The van der Waals surface area contributed by atoms with E-state index in [-0.39, 0.29) is 5.75 Å². The lowest BCUT2D eigenvalue weighted by molar-refractivity contribution is 0.674. The van der Waals surface area contributed by atoms with Gasteiger partial charge in [0.2, 0.25) is 0 Å². The second-order valence-corrected chi connectivity index (χ2v) is 6.41. The molecule has 2 aromatic rings. The van der Waals surface area contributed by atoms with Crippen LogP contribution in [0.15, 0.2) is 59.5 Å². The zero-order valence-electron chi connectivity index (χ0n) is 10.4. The Balaban J connectivity index is 2.25. The number of hydrogen-bond donors (Lipinski definition) is 1. The molecule has 2 rings (SSSR count). The van der Waals surface area contributed by atoms with Gasteiger partial charge in [0.1, 0.15) is 0 Å². The van der Waals surface area contributed by atoms with Gasteiger partial charge in [0.25, 0.3) is 0 Å². The van der Waals surface area contributed by atoms with Gasteiger partial charge in [-0.2, -0.15) is 0 Å². The number of rotatable bonds is 4. The van der Waals surface area contributed by atoms with Crippen molar-refractivity contribution < 1.29 is 4.21 Å². The molecule has 0 amide bonds. The van der Waals surface area contributed by atoms with Gasteiger partial charge in [-0.1, -0.05) is 49.4 Å². The zero-order chi connectivity index (χ0) is 13.0. The lowest BCUT2D eigenvalue weighted by atomic mass is 10.2. The Morgan fingerprint density at radius 1 is 0.944 bits per heavy atom. The molecule has 94 valence electrons. The molecule has 0 heterocycles. The molecular formula is C15H17NOS. The Morgan fingerprint density at radius 3 is 2.11 bits per heavy atom. The SMILES string of the molecule is CCc1ccc(S(=N)(=O)Cc2ccccc2)cc1. The molecular weight excluding hydrogens is 242 g/mol. The maximum atomic E-state index is 12.4. The van der Waals surface area contributed by atoms with Crippen LogP contribution in [0.1, 0.15) is 18.1 Å². The smallest absolute Gasteiger partial charge is 0.0768 e. The summed E-state index contributed by atoms with van der Waals surface area (Å²) >= 11 is 0. The van der Waals surface area contributed by atoms with Gasteiger partial charge in [-0.25, -0.2) is 8.99 Å². The van der Waals surface area contributed by atoms with Crippen molar-refractivity contribution in [2.24, 2.45) is 0 Å². The van der Waals surface area contributed by atoms with Crippen molar-refractivity contribution in [3.05, 3.63) is 65.7 Å². The second-order valence-electron chi connectivity index (χ2n) is 4.30. The molecule has 0 aliphatic heterocycles. The molecule has 2 nitrogen and oxygen atoms in total. The minimum absolute atomic E-state index is 0.277. The maximum Gasteiger partial charge on any atom is 0.0768 e. The Morgan fingerprint density at radius 2 is 1.56 bits per heavy atom. The van der Waals surface area contributed by atoms with E-state index in [0.29, 0.717) is 4.90 Å². The summed E-state index contributed by atoms with van der Waals surface area (Å²) in [5.74, 6) is 0.277. The Labute approximate surface area is 109 Å². The van der Waals surface area contributed by atoms with Crippen LogP contribution in [0, 0.1) is 4.78 Å². The summed E-state index contributed by atoms with van der Waals surface area (Å²) in [5.41, 5.74) is 2.14. The molecule has 1 unspecified atom stereocenters. The molecule has 3 heteroatoms. The highest BCUT2D eigenvalue weighted by Gasteiger charge is 2.10. The molecule has 0 saturated heterocycles. The van der Waals surface area contributed by atoms with Crippen LogP contribution < -0.4 is 0 Å². The molecule has 1 atom stereocenters. The highest BCUT2D eigenvalue weighted by molar-refractivity contribution is 7.91. The highest BCUT2D eigenvalue weighted by Crippen LogP contribution is 2.18. The summed E-state index contributed by atoms with van der Waals surface area (Å²) in [4.78, 5) is 0.614. The lowest BCUT2D eigenvalue weighted by Crippen LogP contribution is -2.03. The number of nitrogens with one attached hydrogen (secondary N) is 1. The van der Waals surface area contributed by atoms with Crippen molar-refractivity contribution >= 4 is 9.73 Å². The van der Waals surface area contributed by atoms with Crippen LogP contribution in [0.4, 0.5) is 0 Å². The second kappa shape index (κ2) is 5.36. The minimum Gasteiger partial charge on any atom is -0.249 e. The van der Waals surface area contributed by atoms with Crippen LogP contribution in [0.5, 0.6) is 0 Å². The van der Waals surface area contributed by atoms with Crippen molar-refractivity contribution in [2.75, 3.05) is 0 Å². The summed E-state index contributed by atoms with van der Waals surface area (Å²) in [6.45, 7) is 2.08. The molecule has 0 fully saturated rings. The lowest BCUT2D eigenvalue weighted by Gasteiger charge is -2.08. The first-order valence-corrected chi connectivity index (χ1v) is 7.74. The maximum absolute atomic E-state index is 12.4. The summed E-state index contributed by atoms with van der Waals surface area (Å²) in [6.07, 6.45) is 0.957. The van der Waals surface area contributed by atoms with Crippen molar-refractivity contribution in [3.8, 4) is 0 Å². The van der Waals surface area contributed by atoms with E-state index in [2.05, 4.69) is 6.92 Å². The van der Waals surface area contributed by atoms with E-state index in [9.17, 15) is 4.21 Å². The largest absolute Gasteiger partial charge is 0.249 e. The Hall–Kier alpha value is -1.61. The van der Waals surface area contributed by atoms with Gasteiger partial charge in [0.15, 0.2) is 0 Å². The number of aryl methyl sites for hydroxylation is 1. The third-order valence-corrected chi connectivity index (χ3v) is 4.70. The van der Waals surface area contributed by atoms with Crippen molar-refractivity contribution in [3.63, 3.8) is 0 Å². The van der Waals surface area contributed by atoms with E-state index >= 15 is 0 Å². The van der Waals surface area contributed by atoms with E-state index in [4.69, 9.17) is 4.78 Å². The molecule has 0 aliphatic carbocycles.